The van der Waals surface area contributed by atoms with E-state index in [2.05, 4.69) is 25.0 Å². The van der Waals surface area contributed by atoms with Crippen molar-refractivity contribution in [3.8, 4) is 0 Å². The number of nitrogen functional groups attached to an aromatic ring is 1. The topological polar surface area (TPSA) is 213 Å². The molecule has 1 unspecified atom stereocenters. The number of fused-ring (bicyclic) bond motifs is 1. The molecular formula is C19H20ClN8O7P. The van der Waals surface area contributed by atoms with Gasteiger partial charge in [0.15, 0.2) is 17.7 Å². The van der Waals surface area contributed by atoms with E-state index in [1.165, 1.54) is 17.2 Å². The molecule has 0 spiro atoms. The Bertz CT molecular complexity index is 1390. The van der Waals surface area contributed by atoms with Crippen molar-refractivity contribution in [2.45, 2.75) is 36.7 Å². The first-order valence-electron chi connectivity index (χ1n) is 10.6. The van der Waals surface area contributed by atoms with Crippen LogP contribution < -0.4 is 5.73 Å². The minimum Gasteiger partial charge on any atom is -0.387 e. The van der Waals surface area contributed by atoms with Crippen LogP contribution in [0, 0.1) is 0 Å². The molecule has 0 saturated carbocycles. The fraction of sp³-hybridized carbons (Fsp3) is 0.421. The van der Waals surface area contributed by atoms with Crippen LogP contribution in [0.15, 0.2) is 42.0 Å². The van der Waals surface area contributed by atoms with Gasteiger partial charge in [-0.2, -0.15) is 0 Å². The number of phosphoric acid groups is 1. The monoisotopic (exact) mass is 538 g/mol. The number of imidazole rings is 1. The highest BCUT2D eigenvalue weighted by Crippen LogP contribution is 2.58. The van der Waals surface area contributed by atoms with Crippen molar-refractivity contribution in [2.24, 2.45) is 5.11 Å². The smallest absolute Gasteiger partial charge is 0.387 e. The first-order valence-corrected chi connectivity index (χ1v) is 12.5. The molecule has 36 heavy (non-hydrogen) atoms. The van der Waals surface area contributed by atoms with E-state index in [1.54, 1.807) is 24.3 Å². The number of nitrogens with zero attached hydrogens (tertiary/aromatic N) is 7. The van der Waals surface area contributed by atoms with Crippen LogP contribution in [0.5, 0.6) is 0 Å². The van der Waals surface area contributed by atoms with Crippen LogP contribution in [0.1, 0.15) is 24.3 Å². The van der Waals surface area contributed by atoms with E-state index < -0.39 is 44.7 Å². The number of azide groups is 1. The molecule has 5 rings (SSSR count). The second-order valence-electron chi connectivity index (χ2n) is 8.05. The maximum Gasteiger partial charge on any atom is 0.475 e. The van der Waals surface area contributed by atoms with Crippen molar-refractivity contribution < 1.29 is 33.1 Å². The maximum atomic E-state index is 13.2. The summed E-state index contributed by atoms with van der Waals surface area (Å²) >= 11 is 6.04. The molecule has 0 radical (unpaired) electrons. The molecule has 4 heterocycles. The third-order valence-electron chi connectivity index (χ3n) is 5.81. The Labute approximate surface area is 208 Å². The molecule has 0 amide bonds. The molecule has 6 atom stereocenters. The van der Waals surface area contributed by atoms with Gasteiger partial charge in [-0.3, -0.25) is 18.1 Å². The van der Waals surface area contributed by atoms with Gasteiger partial charge < -0.3 is 20.7 Å². The zero-order valence-corrected chi connectivity index (χ0v) is 20.0. The number of aliphatic hydroxyl groups excluding tert-OH is 2. The summed E-state index contributed by atoms with van der Waals surface area (Å²) in [4.78, 5) is 14.7. The summed E-state index contributed by atoms with van der Waals surface area (Å²) in [5.74, 6) is 0.0929. The zero-order valence-electron chi connectivity index (χ0n) is 18.4. The minimum atomic E-state index is -4.20. The third kappa shape index (κ3) is 4.41. The molecule has 17 heteroatoms. The number of ether oxygens (including phenoxy) is 1. The summed E-state index contributed by atoms with van der Waals surface area (Å²) < 4.78 is 36.6. The standard InChI is InChI=1S/C19H20ClN8O7P/c20-11-3-1-2-10(6-11)12-4-5-32-36(31,35-12)33-7-19(26-27-22)15(30)14(29)18(34-19)28-9-25-13-16(21)23-8-24-17(13)28/h1-3,6,8-9,12,14-15,18,29-30H,4-5,7H2,(H2,21,23,24)/t12-,14+,15-,18+,19+,36?/m0/s1. The fourth-order valence-electron chi connectivity index (χ4n) is 4.04. The van der Waals surface area contributed by atoms with Crippen LogP contribution in [-0.2, 0) is 22.9 Å². The van der Waals surface area contributed by atoms with Crippen molar-refractivity contribution in [2.75, 3.05) is 18.9 Å². The first-order chi connectivity index (χ1) is 17.3. The molecule has 190 valence electrons. The van der Waals surface area contributed by atoms with Gasteiger partial charge >= 0.3 is 7.82 Å². The highest BCUT2D eigenvalue weighted by atomic mass is 35.5. The number of aliphatic hydroxyl groups is 2. The largest absolute Gasteiger partial charge is 0.475 e. The quantitative estimate of drug-likeness (QED) is 0.179. The number of hydrogen-bond donors (Lipinski definition) is 3. The molecule has 2 saturated heterocycles. The Kier molecular flexibility index (Phi) is 6.59. The summed E-state index contributed by atoms with van der Waals surface area (Å²) in [6, 6.07) is 6.83. The number of rotatable bonds is 6. The summed E-state index contributed by atoms with van der Waals surface area (Å²) in [6.45, 7) is -0.727. The molecule has 0 aliphatic carbocycles. The predicted octanol–water partition coefficient (Wildman–Crippen LogP) is 2.62. The van der Waals surface area contributed by atoms with Crippen molar-refractivity contribution in [1.29, 1.82) is 0 Å². The molecule has 2 aromatic heterocycles. The zero-order chi connectivity index (χ0) is 25.5. The van der Waals surface area contributed by atoms with Gasteiger partial charge in [0.05, 0.1) is 25.6 Å². The number of phosphoric ester groups is 1. The number of halogens is 1. The minimum absolute atomic E-state index is 0.0415. The molecular weight excluding hydrogens is 519 g/mol. The van der Waals surface area contributed by atoms with Crippen LogP contribution >= 0.6 is 19.4 Å². The van der Waals surface area contributed by atoms with E-state index in [9.17, 15) is 14.8 Å². The number of hydrogen-bond acceptors (Lipinski definition) is 12. The molecule has 2 aliphatic rings. The van der Waals surface area contributed by atoms with Crippen molar-refractivity contribution in [3.63, 3.8) is 0 Å². The second kappa shape index (κ2) is 9.56. The lowest BCUT2D eigenvalue weighted by atomic mass is 10.1. The van der Waals surface area contributed by atoms with Gasteiger partial charge in [0.1, 0.15) is 24.1 Å². The van der Waals surface area contributed by atoms with Gasteiger partial charge in [-0.05, 0) is 23.2 Å². The lowest BCUT2D eigenvalue weighted by Crippen LogP contribution is -2.45. The van der Waals surface area contributed by atoms with Crippen molar-refractivity contribution in [1.82, 2.24) is 19.5 Å². The Morgan fingerprint density at radius 3 is 3.00 bits per heavy atom. The molecule has 2 fully saturated rings. The van der Waals surface area contributed by atoms with E-state index in [1.807, 2.05) is 0 Å². The average molecular weight is 539 g/mol. The summed E-state index contributed by atoms with van der Waals surface area (Å²) in [6.07, 6.45) is -2.54. The van der Waals surface area contributed by atoms with E-state index in [-0.39, 0.29) is 23.6 Å². The van der Waals surface area contributed by atoms with Gasteiger partial charge in [0, 0.05) is 16.4 Å². The lowest BCUT2D eigenvalue weighted by molar-refractivity contribution is -0.125. The van der Waals surface area contributed by atoms with Gasteiger partial charge in [0.2, 0.25) is 5.72 Å². The fourth-order valence-corrected chi connectivity index (χ4v) is 5.65. The van der Waals surface area contributed by atoms with Crippen LogP contribution in [0.25, 0.3) is 21.6 Å². The Balaban J connectivity index is 1.38. The Hall–Kier alpha value is -2.84. The molecule has 1 aromatic carbocycles. The first kappa shape index (κ1) is 24.8. The van der Waals surface area contributed by atoms with Gasteiger partial charge in [0.25, 0.3) is 0 Å². The van der Waals surface area contributed by atoms with Crippen LogP contribution in [0.3, 0.4) is 0 Å². The average Bonchev–Trinajstić information content (AvgIpc) is 3.39. The number of anilines is 1. The van der Waals surface area contributed by atoms with Crippen molar-refractivity contribution in [3.05, 3.63) is 57.9 Å². The molecule has 3 aromatic rings. The highest BCUT2D eigenvalue weighted by Gasteiger charge is 2.56. The molecule has 0 bridgehead atoms. The van der Waals surface area contributed by atoms with E-state index in [4.69, 9.17) is 41.2 Å². The highest BCUT2D eigenvalue weighted by molar-refractivity contribution is 7.48. The molecule has 4 N–H and O–H groups in total. The van der Waals surface area contributed by atoms with Crippen LogP contribution in [-0.4, -0.2) is 60.9 Å². The Morgan fingerprint density at radius 2 is 2.22 bits per heavy atom. The molecule has 15 nitrogen and oxygen atoms in total. The summed E-state index contributed by atoms with van der Waals surface area (Å²) in [5.41, 5.74) is 13.9. The number of nitrogens with two attached hydrogens (primary N) is 1. The van der Waals surface area contributed by atoms with Gasteiger partial charge in [-0.1, -0.05) is 28.8 Å². The van der Waals surface area contributed by atoms with Crippen LogP contribution in [0.4, 0.5) is 5.82 Å². The Morgan fingerprint density at radius 1 is 1.39 bits per heavy atom. The summed E-state index contributed by atoms with van der Waals surface area (Å²) in [7, 11) is -4.20. The third-order valence-corrected chi connectivity index (χ3v) is 7.51. The van der Waals surface area contributed by atoms with E-state index in [0.29, 0.717) is 17.0 Å². The van der Waals surface area contributed by atoms with E-state index >= 15 is 0 Å². The number of benzene rings is 1. The molecule has 2 aliphatic heterocycles. The van der Waals surface area contributed by atoms with Crippen LogP contribution in [0.2, 0.25) is 5.02 Å². The van der Waals surface area contributed by atoms with Gasteiger partial charge in [-0.25, -0.2) is 19.5 Å². The van der Waals surface area contributed by atoms with Crippen molar-refractivity contribution >= 4 is 36.4 Å². The normalized spacial score (nSPS) is 32.4. The second-order valence-corrected chi connectivity index (χ2v) is 10.1. The van der Waals surface area contributed by atoms with Gasteiger partial charge in [-0.15, -0.1) is 0 Å². The number of aromatic nitrogens is 4. The maximum absolute atomic E-state index is 13.2. The summed E-state index contributed by atoms with van der Waals surface area (Å²) in [5, 5.41) is 25.6. The predicted molar refractivity (Wildman–Crippen MR) is 123 cm³/mol. The lowest BCUT2D eigenvalue weighted by Gasteiger charge is -2.32. The van der Waals surface area contributed by atoms with E-state index in [0.717, 1.165) is 0 Å². The SMILES string of the molecule is [N-]=[N+]=N[C@]1(COP2(=O)OCC[C@@H](c3cccc(Cl)c3)O2)O[C@@H](n2cnc3c(N)ncnc32)[C@H](O)[C@@H]1O.